The Balaban J connectivity index is 1.57. The number of rotatable bonds is 6. The molecule has 0 spiro atoms. The van der Waals surface area contributed by atoms with E-state index in [1.165, 1.54) is 0 Å². The Morgan fingerprint density at radius 3 is 2.25 bits per heavy atom. The van der Waals surface area contributed by atoms with E-state index in [2.05, 4.69) is 0 Å². The smallest absolute Gasteiger partial charge is 0.398 e. The summed E-state index contributed by atoms with van der Waals surface area (Å²) in [4.78, 5) is 0. The first-order valence-electron chi connectivity index (χ1n) is 8.59. The van der Waals surface area contributed by atoms with Gasteiger partial charge in [-0.1, -0.05) is 30.3 Å². The number of hydrogen-bond donors (Lipinski definition) is 0. The molecule has 0 atom stereocenters. The van der Waals surface area contributed by atoms with Gasteiger partial charge in [-0.3, -0.25) is 0 Å². The van der Waals surface area contributed by atoms with E-state index < -0.39 is 18.3 Å². The summed E-state index contributed by atoms with van der Waals surface area (Å²) in [5.74, 6) is 0. The lowest BCUT2D eigenvalue weighted by Crippen LogP contribution is -2.41. The molecule has 0 aromatic heterocycles. The Labute approximate surface area is 144 Å². The lowest BCUT2D eigenvalue weighted by Gasteiger charge is -2.32. The zero-order valence-corrected chi connectivity index (χ0v) is 15.0. The van der Waals surface area contributed by atoms with Gasteiger partial charge in [0.1, 0.15) is 5.73 Å². The van der Waals surface area contributed by atoms with Crippen LogP contribution in [0.15, 0.2) is 42.1 Å². The minimum absolute atomic E-state index is 0.206. The zero-order valence-electron chi connectivity index (χ0n) is 15.0. The molecule has 0 radical (unpaired) electrons. The summed E-state index contributed by atoms with van der Waals surface area (Å²) < 4.78 is 32.0. The summed E-state index contributed by atoms with van der Waals surface area (Å²) in [5, 5.41) is 0. The summed E-state index contributed by atoms with van der Waals surface area (Å²) in [6, 6.07) is 10.0. The van der Waals surface area contributed by atoms with E-state index >= 15 is 0 Å². The predicted molar refractivity (Wildman–Crippen MR) is 93.0 cm³/mol. The van der Waals surface area contributed by atoms with Gasteiger partial charge in [-0.15, -0.1) is 0 Å². The van der Waals surface area contributed by atoms with E-state index in [-0.39, 0.29) is 11.1 Å². The van der Waals surface area contributed by atoms with Crippen LogP contribution < -0.4 is 0 Å². The lowest BCUT2D eigenvalue weighted by atomic mass is 9.85. The van der Waals surface area contributed by atoms with E-state index in [0.29, 0.717) is 13.2 Å². The molecule has 0 N–H and O–H groups in total. The monoisotopic (exact) mass is 332 g/mol. The zero-order chi connectivity index (χ0) is 17.4. The molecule has 3 rings (SSSR count). The molecule has 0 amide bonds. The standard InChI is InChI=1S/C19H26BFO3/c1-17(2)18(3,4)24-20(23-17)16(21)12-19(10-11-19)14-22-13-15-8-6-5-7-9-15/h5-9,12H,10-11,13-14H2,1-4H3. The van der Waals surface area contributed by atoms with Gasteiger partial charge in [-0.25, -0.2) is 4.39 Å². The average Bonchev–Trinajstić information content (AvgIpc) is 3.21. The van der Waals surface area contributed by atoms with Crippen molar-refractivity contribution in [1.29, 1.82) is 0 Å². The molecule has 3 nitrogen and oxygen atoms in total. The molecule has 1 heterocycles. The highest BCUT2D eigenvalue weighted by Gasteiger charge is 2.54. The van der Waals surface area contributed by atoms with E-state index in [9.17, 15) is 4.39 Å². The van der Waals surface area contributed by atoms with Crippen LogP contribution in [0.5, 0.6) is 0 Å². The number of hydrogen-bond acceptors (Lipinski definition) is 3. The Morgan fingerprint density at radius 2 is 1.71 bits per heavy atom. The maximum absolute atomic E-state index is 14.6. The second-order valence-corrected chi connectivity index (χ2v) is 7.96. The Morgan fingerprint density at radius 1 is 1.12 bits per heavy atom. The molecule has 0 bridgehead atoms. The summed E-state index contributed by atoms with van der Waals surface area (Å²) >= 11 is 0. The third kappa shape index (κ3) is 3.74. The number of halogens is 1. The summed E-state index contributed by atoms with van der Waals surface area (Å²) in [6.45, 7) is 8.78. The number of benzene rings is 1. The molecular weight excluding hydrogens is 306 g/mol. The minimum Gasteiger partial charge on any atom is -0.398 e. The SMILES string of the molecule is CC1(C)OB(C(F)=CC2(COCc3ccccc3)CC2)OC1(C)C. The van der Waals surface area contributed by atoms with Crippen molar-refractivity contribution in [2.75, 3.05) is 6.61 Å². The number of ether oxygens (including phenoxy) is 1. The second kappa shape index (κ2) is 6.28. The van der Waals surface area contributed by atoms with Gasteiger partial charge in [0.25, 0.3) is 0 Å². The Kier molecular flexibility index (Phi) is 4.62. The van der Waals surface area contributed by atoms with Gasteiger partial charge in [0.2, 0.25) is 0 Å². The van der Waals surface area contributed by atoms with Crippen LogP contribution in [0.25, 0.3) is 0 Å². The van der Waals surface area contributed by atoms with Crippen molar-refractivity contribution in [3.63, 3.8) is 0 Å². The largest absolute Gasteiger partial charge is 0.524 e. The maximum Gasteiger partial charge on any atom is 0.524 e. The van der Waals surface area contributed by atoms with Gasteiger partial charge >= 0.3 is 7.12 Å². The molecule has 1 aliphatic heterocycles. The first kappa shape index (κ1) is 17.7. The van der Waals surface area contributed by atoms with Crippen molar-refractivity contribution >= 4 is 7.12 Å². The fraction of sp³-hybridized carbons (Fsp3) is 0.579. The van der Waals surface area contributed by atoms with Gasteiger partial charge in [-0.05, 0) is 52.2 Å². The van der Waals surface area contributed by atoms with E-state index in [1.807, 2.05) is 58.0 Å². The molecule has 5 heteroatoms. The molecule has 1 aromatic carbocycles. The van der Waals surface area contributed by atoms with Crippen LogP contribution in [0.2, 0.25) is 0 Å². The van der Waals surface area contributed by atoms with Crippen LogP contribution in [0.4, 0.5) is 4.39 Å². The Bertz CT molecular complexity index is 592. The normalized spacial score (nSPS) is 24.2. The maximum atomic E-state index is 14.6. The highest BCUT2D eigenvalue weighted by Crippen LogP contribution is 2.49. The summed E-state index contributed by atoms with van der Waals surface area (Å²) in [5.41, 5.74) is -0.465. The van der Waals surface area contributed by atoms with Crippen molar-refractivity contribution in [2.24, 2.45) is 5.41 Å². The molecule has 1 aliphatic carbocycles. The van der Waals surface area contributed by atoms with Gasteiger partial charge in [-0.2, -0.15) is 0 Å². The van der Waals surface area contributed by atoms with Crippen LogP contribution in [0.1, 0.15) is 46.1 Å². The fourth-order valence-corrected chi connectivity index (χ4v) is 2.75. The average molecular weight is 332 g/mol. The minimum atomic E-state index is -0.915. The molecule has 2 aliphatic rings. The predicted octanol–water partition coefficient (Wildman–Crippen LogP) is 4.47. The molecule has 24 heavy (non-hydrogen) atoms. The van der Waals surface area contributed by atoms with Gasteiger partial charge in [0.05, 0.1) is 24.4 Å². The lowest BCUT2D eigenvalue weighted by molar-refractivity contribution is 0.00578. The summed E-state index contributed by atoms with van der Waals surface area (Å²) in [7, 11) is -0.915. The molecule has 130 valence electrons. The molecule has 0 unspecified atom stereocenters. The van der Waals surface area contributed by atoms with Crippen molar-refractivity contribution in [3.05, 3.63) is 47.7 Å². The van der Waals surface area contributed by atoms with Crippen LogP contribution in [-0.4, -0.2) is 24.9 Å². The third-order valence-electron chi connectivity index (χ3n) is 5.32. The van der Waals surface area contributed by atoms with E-state index in [1.54, 1.807) is 6.08 Å². The van der Waals surface area contributed by atoms with Gasteiger partial charge in [0.15, 0.2) is 0 Å². The van der Waals surface area contributed by atoms with Crippen LogP contribution in [0, 0.1) is 5.41 Å². The highest BCUT2D eigenvalue weighted by atomic mass is 19.1. The third-order valence-corrected chi connectivity index (χ3v) is 5.32. The van der Waals surface area contributed by atoms with Crippen LogP contribution in [0.3, 0.4) is 0 Å². The molecule has 1 saturated heterocycles. The van der Waals surface area contributed by atoms with Gasteiger partial charge in [0, 0.05) is 5.41 Å². The van der Waals surface area contributed by atoms with Crippen LogP contribution >= 0.6 is 0 Å². The first-order valence-corrected chi connectivity index (χ1v) is 8.59. The first-order chi connectivity index (χ1) is 11.2. The van der Waals surface area contributed by atoms with Crippen molar-refractivity contribution in [3.8, 4) is 0 Å². The highest BCUT2D eigenvalue weighted by molar-refractivity contribution is 6.53. The van der Waals surface area contributed by atoms with Gasteiger partial charge < -0.3 is 14.0 Å². The molecular formula is C19H26BFO3. The van der Waals surface area contributed by atoms with E-state index in [4.69, 9.17) is 14.0 Å². The van der Waals surface area contributed by atoms with Crippen molar-refractivity contribution < 1.29 is 18.4 Å². The second-order valence-electron chi connectivity index (χ2n) is 7.96. The van der Waals surface area contributed by atoms with Crippen LogP contribution in [-0.2, 0) is 20.7 Å². The molecule has 1 aromatic rings. The quantitative estimate of drug-likeness (QED) is 0.720. The fourth-order valence-electron chi connectivity index (χ4n) is 2.75. The molecule has 1 saturated carbocycles. The van der Waals surface area contributed by atoms with Crippen molar-refractivity contribution in [1.82, 2.24) is 0 Å². The Hall–Kier alpha value is -1.17. The van der Waals surface area contributed by atoms with E-state index in [0.717, 1.165) is 18.4 Å². The topological polar surface area (TPSA) is 27.7 Å². The molecule has 2 fully saturated rings. The van der Waals surface area contributed by atoms with Crippen molar-refractivity contribution in [2.45, 2.75) is 58.3 Å². The summed E-state index contributed by atoms with van der Waals surface area (Å²) in [6.07, 6.45) is 3.53.